The second kappa shape index (κ2) is 11.6. The highest BCUT2D eigenvalue weighted by Gasteiger charge is 2.07. The first-order valence-electron chi connectivity index (χ1n) is 8.72. The molecule has 2 aromatic carbocycles. The summed E-state index contributed by atoms with van der Waals surface area (Å²) in [5.41, 5.74) is 2.35. The SMILES string of the molecule is CCOC(=O)c1cccc(NC(=S)NCCCSCc2ccc(F)cc2)c1. The number of rotatable bonds is 9. The van der Waals surface area contributed by atoms with E-state index in [9.17, 15) is 9.18 Å². The van der Waals surface area contributed by atoms with Crippen LogP contribution in [0.3, 0.4) is 0 Å². The zero-order chi connectivity index (χ0) is 19.5. The Morgan fingerprint density at radius 2 is 2.00 bits per heavy atom. The van der Waals surface area contributed by atoms with E-state index in [1.807, 2.05) is 18.2 Å². The number of hydrogen-bond acceptors (Lipinski definition) is 4. The number of benzene rings is 2. The molecule has 2 aromatic rings. The highest BCUT2D eigenvalue weighted by atomic mass is 32.2. The van der Waals surface area contributed by atoms with E-state index >= 15 is 0 Å². The average molecular weight is 407 g/mol. The Bertz CT molecular complexity index is 754. The van der Waals surface area contributed by atoms with Crippen molar-refractivity contribution in [3.8, 4) is 0 Å². The summed E-state index contributed by atoms with van der Waals surface area (Å²) in [6, 6.07) is 13.6. The van der Waals surface area contributed by atoms with Crippen molar-refractivity contribution in [1.82, 2.24) is 5.32 Å². The number of ether oxygens (including phenoxy) is 1. The van der Waals surface area contributed by atoms with Crippen LogP contribution in [0.1, 0.15) is 29.3 Å². The molecule has 0 saturated carbocycles. The second-order valence-electron chi connectivity index (χ2n) is 5.71. The van der Waals surface area contributed by atoms with Crippen molar-refractivity contribution in [1.29, 1.82) is 0 Å². The van der Waals surface area contributed by atoms with Gasteiger partial charge in [-0.2, -0.15) is 11.8 Å². The van der Waals surface area contributed by atoms with Crippen LogP contribution in [-0.4, -0.2) is 30.0 Å². The van der Waals surface area contributed by atoms with Gasteiger partial charge in [0.25, 0.3) is 0 Å². The lowest BCUT2D eigenvalue weighted by molar-refractivity contribution is 0.0526. The molecule has 144 valence electrons. The van der Waals surface area contributed by atoms with Crippen molar-refractivity contribution in [2.75, 3.05) is 24.2 Å². The molecule has 4 nitrogen and oxygen atoms in total. The maximum Gasteiger partial charge on any atom is 0.338 e. The third-order valence-electron chi connectivity index (χ3n) is 3.56. The summed E-state index contributed by atoms with van der Waals surface area (Å²) in [6.45, 7) is 2.87. The molecule has 0 amide bonds. The fourth-order valence-corrected chi connectivity index (χ4v) is 3.40. The first-order chi connectivity index (χ1) is 13.1. The lowest BCUT2D eigenvalue weighted by atomic mass is 10.2. The molecule has 0 bridgehead atoms. The van der Waals surface area contributed by atoms with Gasteiger partial charge in [-0.1, -0.05) is 18.2 Å². The first-order valence-corrected chi connectivity index (χ1v) is 10.3. The summed E-state index contributed by atoms with van der Waals surface area (Å²) >= 11 is 7.08. The van der Waals surface area contributed by atoms with Crippen LogP contribution in [0.2, 0.25) is 0 Å². The minimum absolute atomic E-state index is 0.207. The van der Waals surface area contributed by atoms with Gasteiger partial charge in [0.1, 0.15) is 5.82 Å². The predicted molar refractivity (Wildman–Crippen MR) is 114 cm³/mol. The van der Waals surface area contributed by atoms with Gasteiger partial charge in [0.2, 0.25) is 0 Å². The van der Waals surface area contributed by atoms with Gasteiger partial charge in [0.15, 0.2) is 5.11 Å². The summed E-state index contributed by atoms with van der Waals surface area (Å²) < 4.78 is 17.8. The maximum atomic E-state index is 12.8. The van der Waals surface area contributed by atoms with E-state index in [0.717, 1.165) is 35.7 Å². The molecule has 27 heavy (non-hydrogen) atoms. The Morgan fingerprint density at radius 3 is 2.74 bits per heavy atom. The standard InChI is InChI=1S/C20H23FN2O2S2/c1-2-25-19(24)16-5-3-6-18(13-16)23-20(26)22-11-4-12-27-14-15-7-9-17(21)10-8-15/h3,5-10,13H,2,4,11-12,14H2,1H3,(H2,22,23,26). The van der Waals surface area contributed by atoms with Crippen LogP contribution in [0.5, 0.6) is 0 Å². The number of carbonyl (C=O) groups is 1. The van der Waals surface area contributed by atoms with E-state index < -0.39 is 0 Å². The molecule has 0 saturated heterocycles. The Labute approximate surface area is 168 Å². The fourth-order valence-electron chi connectivity index (χ4n) is 2.26. The number of thioether (sulfide) groups is 1. The van der Waals surface area contributed by atoms with Crippen molar-refractivity contribution in [3.63, 3.8) is 0 Å². The van der Waals surface area contributed by atoms with Crippen LogP contribution < -0.4 is 10.6 Å². The molecule has 0 spiro atoms. The summed E-state index contributed by atoms with van der Waals surface area (Å²) in [5, 5.41) is 6.74. The van der Waals surface area contributed by atoms with Crippen molar-refractivity contribution in [2.24, 2.45) is 0 Å². The van der Waals surface area contributed by atoms with Gasteiger partial charge in [-0.3, -0.25) is 0 Å². The van der Waals surface area contributed by atoms with Crippen LogP contribution in [0.25, 0.3) is 0 Å². The molecule has 0 heterocycles. The minimum Gasteiger partial charge on any atom is -0.462 e. The van der Waals surface area contributed by atoms with Gasteiger partial charge in [-0.15, -0.1) is 0 Å². The van der Waals surface area contributed by atoms with Gasteiger partial charge in [0.05, 0.1) is 12.2 Å². The molecule has 0 unspecified atom stereocenters. The van der Waals surface area contributed by atoms with Gasteiger partial charge in [-0.25, -0.2) is 9.18 Å². The average Bonchev–Trinajstić information content (AvgIpc) is 2.66. The molecule has 0 aromatic heterocycles. The molecular formula is C20H23FN2O2S2. The van der Waals surface area contributed by atoms with Crippen LogP contribution in [-0.2, 0) is 10.5 Å². The van der Waals surface area contributed by atoms with Crippen LogP contribution in [0.4, 0.5) is 10.1 Å². The number of carbonyl (C=O) groups excluding carboxylic acids is 1. The summed E-state index contributed by atoms with van der Waals surface area (Å²) in [5.74, 6) is 1.29. The van der Waals surface area contributed by atoms with Gasteiger partial charge in [-0.05, 0) is 67.2 Å². The number of thiocarbonyl (C=S) groups is 1. The lowest BCUT2D eigenvalue weighted by Gasteiger charge is -2.11. The fraction of sp³-hybridized carbons (Fsp3) is 0.300. The normalized spacial score (nSPS) is 10.3. The zero-order valence-corrected chi connectivity index (χ0v) is 16.8. The van der Waals surface area contributed by atoms with Crippen LogP contribution in [0.15, 0.2) is 48.5 Å². The Balaban J connectivity index is 1.64. The molecule has 7 heteroatoms. The first kappa shape index (κ1) is 21.2. The number of nitrogens with one attached hydrogen (secondary N) is 2. The number of halogens is 1. The largest absolute Gasteiger partial charge is 0.462 e. The summed E-state index contributed by atoms with van der Waals surface area (Å²) in [7, 11) is 0. The highest BCUT2D eigenvalue weighted by molar-refractivity contribution is 7.98. The second-order valence-corrected chi connectivity index (χ2v) is 7.23. The minimum atomic E-state index is -0.349. The van der Waals surface area contributed by atoms with Crippen LogP contribution >= 0.6 is 24.0 Å². The van der Waals surface area contributed by atoms with E-state index in [0.29, 0.717) is 17.3 Å². The molecule has 0 atom stereocenters. The van der Waals surface area contributed by atoms with Gasteiger partial charge in [0, 0.05) is 18.0 Å². The van der Waals surface area contributed by atoms with E-state index in [2.05, 4.69) is 10.6 Å². The molecule has 2 N–H and O–H groups in total. The third kappa shape index (κ3) is 7.97. The molecule has 0 aliphatic heterocycles. The Hall–Kier alpha value is -2.12. The molecule has 2 rings (SSSR count). The topological polar surface area (TPSA) is 50.4 Å². The third-order valence-corrected chi connectivity index (χ3v) is 4.93. The smallest absolute Gasteiger partial charge is 0.338 e. The molecular weight excluding hydrogens is 383 g/mol. The summed E-state index contributed by atoms with van der Waals surface area (Å²) in [6.07, 6.45) is 0.955. The number of hydrogen-bond donors (Lipinski definition) is 2. The zero-order valence-electron chi connectivity index (χ0n) is 15.2. The lowest BCUT2D eigenvalue weighted by Crippen LogP contribution is -2.29. The van der Waals surface area contributed by atoms with E-state index in [1.54, 1.807) is 36.9 Å². The monoisotopic (exact) mass is 406 g/mol. The van der Waals surface area contributed by atoms with Crippen LogP contribution in [0, 0.1) is 5.82 Å². The predicted octanol–water partition coefficient (Wildman–Crippen LogP) is 4.61. The van der Waals surface area contributed by atoms with Crippen molar-refractivity contribution in [2.45, 2.75) is 19.1 Å². The van der Waals surface area contributed by atoms with Crippen molar-refractivity contribution < 1.29 is 13.9 Å². The highest BCUT2D eigenvalue weighted by Crippen LogP contribution is 2.14. The van der Waals surface area contributed by atoms with Crippen molar-refractivity contribution >= 4 is 40.7 Å². The quantitative estimate of drug-likeness (QED) is 0.360. The molecule has 0 radical (unpaired) electrons. The molecule has 0 aliphatic rings. The van der Waals surface area contributed by atoms with E-state index in [-0.39, 0.29) is 11.8 Å². The number of esters is 1. The summed E-state index contributed by atoms with van der Waals surface area (Å²) in [4.78, 5) is 11.8. The van der Waals surface area contributed by atoms with Gasteiger partial charge < -0.3 is 15.4 Å². The molecule has 0 aliphatic carbocycles. The maximum absolute atomic E-state index is 12.8. The molecule has 0 fully saturated rings. The van der Waals surface area contributed by atoms with Crippen molar-refractivity contribution in [3.05, 3.63) is 65.5 Å². The number of anilines is 1. The van der Waals surface area contributed by atoms with E-state index in [4.69, 9.17) is 17.0 Å². The Kier molecular flexibility index (Phi) is 9.07. The Morgan fingerprint density at radius 1 is 1.22 bits per heavy atom. The van der Waals surface area contributed by atoms with E-state index in [1.165, 1.54) is 12.1 Å². The van der Waals surface area contributed by atoms with Gasteiger partial charge >= 0.3 is 5.97 Å².